The maximum atomic E-state index is 12.5. The Morgan fingerprint density at radius 2 is 1.82 bits per heavy atom. The van der Waals surface area contributed by atoms with Crippen molar-refractivity contribution in [1.29, 1.82) is 0 Å². The Hall–Kier alpha value is -3.65. The molecular weight excluding hydrogens is 504 g/mol. The quantitative estimate of drug-likeness (QED) is 0.225. The summed E-state index contributed by atoms with van der Waals surface area (Å²) in [5.41, 5.74) is 5.13. The van der Waals surface area contributed by atoms with Gasteiger partial charge in [-0.1, -0.05) is 43.3 Å². The number of esters is 1. The summed E-state index contributed by atoms with van der Waals surface area (Å²) in [6, 6.07) is 17.2. The molecule has 0 aliphatic carbocycles. The van der Waals surface area contributed by atoms with Gasteiger partial charge in [0.1, 0.15) is 6.61 Å². The standard InChI is InChI=1S/C32H42N4O4/c1-4-25(13-15-31(37)40-23-24-10-8-7-9-11-24)26-12-14-30(36(5-2)28-16-18-38-19-17-28)29(20-26)35-27-21-33-32(34-22-27)39-6-3/h7-12,14,20-22,25,28,35H,4-6,13,15-19,23H2,1-3H3/t25-/m1/s1. The number of carbonyl (C=O) groups excluding carboxylic acids is 1. The van der Waals surface area contributed by atoms with Crippen LogP contribution in [0.2, 0.25) is 0 Å². The molecule has 2 heterocycles. The molecule has 1 aliphatic rings. The van der Waals surface area contributed by atoms with Crippen molar-refractivity contribution in [2.75, 3.05) is 36.6 Å². The van der Waals surface area contributed by atoms with E-state index in [1.807, 2.05) is 37.3 Å². The number of hydrogen-bond donors (Lipinski definition) is 1. The molecule has 2 aromatic carbocycles. The lowest BCUT2D eigenvalue weighted by Crippen LogP contribution is -2.39. The minimum Gasteiger partial charge on any atom is -0.464 e. The van der Waals surface area contributed by atoms with Gasteiger partial charge in [0.15, 0.2) is 0 Å². The van der Waals surface area contributed by atoms with Crippen molar-refractivity contribution in [2.24, 2.45) is 0 Å². The van der Waals surface area contributed by atoms with Gasteiger partial charge in [0.05, 0.1) is 36.1 Å². The van der Waals surface area contributed by atoms with Gasteiger partial charge in [-0.25, -0.2) is 9.97 Å². The molecule has 4 rings (SSSR count). The minimum atomic E-state index is -0.166. The van der Waals surface area contributed by atoms with Gasteiger partial charge in [0.25, 0.3) is 0 Å². The van der Waals surface area contributed by atoms with Gasteiger partial charge in [-0.3, -0.25) is 4.79 Å². The fourth-order valence-electron chi connectivity index (χ4n) is 5.23. The highest BCUT2D eigenvalue weighted by molar-refractivity contribution is 5.76. The lowest BCUT2D eigenvalue weighted by Gasteiger charge is -2.37. The molecule has 1 saturated heterocycles. The number of anilines is 3. The zero-order chi connectivity index (χ0) is 28.2. The van der Waals surface area contributed by atoms with Crippen LogP contribution in [-0.2, 0) is 20.9 Å². The van der Waals surface area contributed by atoms with Gasteiger partial charge in [-0.2, -0.15) is 0 Å². The van der Waals surface area contributed by atoms with Crippen LogP contribution >= 0.6 is 0 Å². The highest BCUT2D eigenvalue weighted by Gasteiger charge is 2.24. The van der Waals surface area contributed by atoms with E-state index in [9.17, 15) is 4.79 Å². The smallest absolute Gasteiger partial charge is 0.316 e. The van der Waals surface area contributed by atoms with E-state index >= 15 is 0 Å². The first-order valence-electron chi connectivity index (χ1n) is 14.5. The molecule has 0 saturated carbocycles. The SMILES string of the molecule is CCOc1ncc(Nc2cc([C@H](CC)CCC(=O)OCc3ccccc3)ccc2N(CC)C2CCOCC2)cn1. The summed E-state index contributed by atoms with van der Waals surface area (Å²) in [5, 5.41) is 3.57. The Balaban J connectivity index is 1.52. The molecular formula is C32H42N4O4. The number of nitrogens with zero attached hydrogens (tertiary/aromatic N) is 3. The van der Waals surface area contributed by atoms with Gasteiger partial charge in [0.2, 0.25) is 0 Å². The third kappa shape index (κ3) is 8.18. The van der Waals surface area contributed by atoms with Crippen LogP contribution in [0.25, 0.3) is 0 Å². The maximum Gasteiger partial charge on any atom is 0.316 e. The summed E-state index contributed by atoms with van der Waals surface area (Å²) < 4.78 is 16.6. The molecule has 1 aliphatic heterocycles. The van der Waals surface area contributed by atoms with Crippen LogP contribution in [0.3, 0.4) is 0 Å². The summed E-state index contributed by atoms with van der Waals surface area (Å²) >= 11 is 0. The lowest BCUT2D eigenvalue weighted by atomic mass is 9.91. The van der Waals surface area contributed by atoms with E-state index in [-0.39, 0.29) is 11.9 Å². The predicted octanol–water partition coefficient (Wildman–Crippen LogP) is 6.64. The third-order valence-electron chi connectivity index (χ3n) is 7.39. The number of carbonyl (C=O) groups is 1. The normalized spacial score (nSPS) is 14.4. The predicted molar refractivity (Wildman–Crippen MR) is 158 cm³/mol. The van der Waals surface area contributed by atoms with Crippen LogP contribution in [0.15, 0.2) is 60.9 Å². The average molecular weight is 547 g/mol. The first-order valence-corrected chi connectivity index (χ1v) is 14.5. The first kappa shape index (κ1) is 29.3. The molecule has 40 heavy (non-hydrogen) atoms. The van der Waals surface area contributed by atoms with Gasteiger partial charge in [-0.05, 0) is 68.7 Å². The van der Waals surface area contributed by atoms with Gasteiger partial charge in [-0.15, -0.1) is 0 Å². The van der Waals surface area contributed by atoms with Crippen LogP contribution in [0.4, 0.5) is 17.1 Å². The summed E-state index contributed by atoms with van der Waals surface area (Å²) in [6.07, 6.45) is 7.54. The van der Waals surface area contributed by atoms with Crippen molar-refractivity contribution >= 4 is 23.0 Å². The fraction of sp³-hybridized carbons (Fsp3) is 0.469. The van der Waals surface area contributed by atoms with E-state index < -0.39 is 0 Å². The van der Waals surface area contributed by atoms with E-state index in [1.165, 1.54) is 5.56 Å². The van der Waals surface area contributed by atoms with Crippen LogP contribution < -0.4 is 15.0 Å². The Kier molecular flexibility index (Phi) is 11.2. The molecule has 0 unspecified atom stereocenters. The lowest BCUT2D eigenvalue weighted by molar-refractivity contribution is -0.145. The summed E-state index contributed by atoms with van der Waals surface area (Å²) in [5.74, 6) is 0.0640. The number of aromatic nitrogens is 2. The second-order valence-electron chi connectivity index (χ2n) is 10.0. The molecule has 1 aromatic heterocycles. The molecule has 8 nitrogen and oxygen atoms in total. The number of benzene rings is 2. The fourth-order valence-corrected chi connectivity index (χ4v) is 5.23. The second kappa shape index (κ2) is 15.2. The molecule has 214 valence electrons. The summed E-state index contributed by atoms with van der Waals surface area (Å²) in [4.78, 5) is 23.7. The van der Waals surface area contributed by atoms with E-state index in [0.29, 0.717) is 31.7 Å². The molecule has 0 spiro atoms. The maximum absolute atomic E-state index is 12.5. The zero-order valence-corrected chi connectivity index (χ0v) is 24.0. The Labute approximate surface area is 238 Å². The number of ether oxygens (including phenoxy) is 3. The average Bonchev–Trinajstić information content (AvgIpc) is 3.00. The molecule has 0 bridgehead atoms. The first-order chi connectivity index (χ1) is 19.6. The third-order valence-corrected chi connectivity index (χ3v) is 7.39. The highest BCUT2D eigenvalue weighted by atomic mass is 16.5. The van der Waals surface area contributed by atoms with Crippen LogP contribution in [0.5, 0.6) is 6.01 Å². The Morgan fingerprint density at radius 3 is 2.50 bits per heavy atom. The van der Waals surface area contributed by atoms with Crippen molar-refractivity contribution in [2.45, 2.75) is 71.4 Å². The van der Waals surface area contributed by atoms with E-state index in [2.05, 4.69) is 52.2 Å². The number of rotatable bonds is 14. The molecule has 0 radical (unpaired) electrons. The second-order valence-corrected chi connectivity index (χ2v) is 10.0. The largest absolute Gasteiger partial charge is 0.464 e. The monoisotopic (exact) mass is 546 g/mol. The zero-order valence-electron chi connectivity index (χ0n) is 24.0. The van der Waals surface area contributed by atoms with E-state index in [0.717, 1.165) is 68.1 Å². The van der Waals surface area contributed by atoms with Gasteiger partial charge >= 0.3 is 12.0 Å². The molecule has 1 fully saturated rings. The van der Waals surface area contributed by atoms with Crippen LogP contribution in [0, 0.1) is 0 Å². The van der Waals surface area contributed by atoms with Gasteiger partial charge in [0, 0.05) is 32.2 Å². The van der Waals surface area contributed by atoms with Crippen molar-refractivity contribution in [3.05, 3.63) is 72.1 Å². The Bertz CT molecular complexity index is 1180. The van der Waals surface area contributed by atoms with Crippen molar-refractivity contribution < 1.29 is 19.0 Å². The van der Waals surface area contributed by atoms with Crippen molar-refractivity contribution in [3.8, 4) is 6.01 Å². The topological polar surface area (TPSA) is 85.8 Å². The Morgan fingerprint density at radius 1 is 1.07 bits per heavy atom. The van der Waals surface area contributed by atoms with Crippen LogP contribution in [-0.4, -0.2) is 48.3 Å². The minimum absolute atomic E-state index is 0.166. The van der Waals surface area contributed by atoms with Crippen molar-refractivity contribution in [1.82, 2.24) is 9.97 Å². The van der Waals surface area contributed by atoms with Gasteiger partial charge < -0.3 is 24.4 Å². The number of nitrogens with one attached hydrogen (secondary N) is 1. The van der Waals surface area contributed by atoms with E-state index in [4.69, 9.17) is 14.2 Å². The van der Waals surface area contributed by atoms with Crippen LogP contribution in [0.1, 0.15) is 69.9 Å². The molecule has 1 N–H and O–H groups in total. The molecule has 0 amide bonds. The van der Waals surface area contributed by atoms with Crippen molar-refractivity contribution in [3.63, 3.8) is 0 Å². The van der Waals surface area contributed by atoms with E-state index in [1.54, 1.807) is 12.4 Å². The number of hydrogen-bond acceptors (Lipinski definition) is 8. The summed E-state index contributed by atoms with van der Waals surface area (Å²) in [7, 11) is 0. The molecule has 8 heteroatoms. The molecule has 3 aromatic rings. The molecule has 1 atom stereocenters. The summed E-state index contributed by atoms with van der Waals surface area (Å²) in [6.45, 7) is 9.57. The highest BCUT2D eigenvalue weighted by Crippen LogP contribution is 2.36.